The van der Waals surface area contributed by atoms with E-state index in [1.807, 2.05) is 23.1 Å². The van der Waals surface area contributed by atoms with E-state index in [-0.39, 0.29) is 18.4 Å². The van der Waals surface area contributed by atoms with Gasteiger partial charge in [0.05, 0.1) is 6.54 Å². The van der Waals surface area contributed by atoms with Crippen LogP contribution in [0.5, 0.6) is 0 Å². The van der Waals surface area contributed by atoms with Crippen molar-refractivity contribution in [2.75, 3.05) is 32.7 Å². The topological polar surface area (TPSA) is 52.7 Å². The van der Waals surface area contributed by atoms with Gasteiger partial charge in [-0.2, -0.15) is 0 Å². The largest absolute Gasteiger partial charge is 0.343 e. The monoisotopic (exact) mass is 327 g/mol. The van der Waals surface area contributed by atoms with Gasteiger partial charge in [0, 0.05) is 25.7 Å². The Morgan fingerprint density at radius 1 is 1.08 bits per heavy atom. The van der Waals surface area contributed by atoms with E-state index in [0.717, 1.165) is 32.6 Å². The number of hydrogen-bond donors (Lipinski definition) is 1. The van der Waals surface area contributed by atoms with Crippen LogP contribution in [0.15, 0.2) is 36.4 Å². The highest BCUT2D eigenvalue weighted by molar-refractivity contribution is 5.91. The number of nitrogens with one attached hydrogen (secondary N) is 1. The van der Waals surface area contributed by atoms with Gasteiger partial charge in [-0.05, 0) is 43.5 Å². The molecule has 0 bridgehead atoms. The minimum Gasteiger partial charge on any atom is -0.343 e. The molecule has 0 saturated carbocycles. The van der Waals surface area contributed by atoms with Crippen LogP contribution in [0.1, 0.15) is 24.0 Å². The average molecular weight is 327 g/mol. The minimum absolute atomic E-state index is 0.0224. The van der Waals surface area contributed by atoms with Crippen LogP contribution in [0.2, 0.25) is 0 Å². The molecule has 2 aliphatic heterocycles. The van der Waals surface area contributed by atoms with Crippen molar-refractivity contribution < 1.29 is 9.59 Å². The first-order valence-electron chi connectivity index (χ1n) is 8.73. The summed E-state index contributed by atoms with van der Waals surface area (Å²) in [5.74, 6) is -0.217. The summed E-state index contributed by atoms with van der Waals surface area (Å²) in [5.41, 5.74) is 2.52. The summed E-state index contributed by atoms with van der Waals surface area (Å²) in [6.07, 6.45) is 6.78. The summed E-state index contributed by atoms with van der Waals surface area (Å²) in [6, 6.07) is 8.21. The zero-order valence-electron chi connectivity index (χ0n) is 14.0. The van der Waals surface area contributed by atoms with Crippen molar-refractivity contribution in [2.45, 2.75) is 25.8 Å². The molecule has 2 amide bonds. The van der Waals surface area contributed by atoms with Gasteiger partial charge < -0.3 is 10.2 Å². The molecule has 0 aliphatic carbocycles. The van der Waals surface area contributed by atoms with Crippen molar-refractivity contribution in [1.29, 1.82) is 0 Å². The Kier molecular flexibility index (Phi) is 5.64. The molecule has 0 aromatic heterocycles. The molecule has 1 fully saturated rings. The Balaban J connectivity index is 1.40. The zero-order chi connectivity index (χ0) is 16.8. The molecule has 1 aromatic carbocycles. The predicted octanol–water partition coefficient (Wildman–Crippen LogP) is 1.34. The van der Waals surface area contributed by atoms with Gasteiger partial charge in [-0.25, -0.2) is 0 Å². The molecule has 3 rings (SSSR count). The predicted molar refractivity (Wildman–Crippen MR) is 93.4 cm³/mol. The number of carbonyl (C=O) groups excluding carboxylic acids is 2. The Morgan fingerprint density at radius 2 is 1.83 bits per heavy atom. The number of carbonyl (C=O) groups is 2. The molecule has 128 valence electrons. The van der Waals surface area contributed by atoms with E-state index in [2.05, 4.69) is 22.3 Å². The number of fused-ring (bicyclic) bond motifs is 1. The fraction of sp³-hybridized carbons (Fsp3) is 0.474. The second-order valence-corrected chi connectivity index (χ2v) is 6.46. The van der Waals surface area contributed by atoms with Gasteiger partial charge in [-0.1, -0.05) is 30.3 Å². The summed E-state index contributed by atoms with van der Waals surface area (Å²) in [7, 11) is 0. The van der Waals surface area contributed by atoms with Crippen LogP contribution in [-0.2, 0) is 22.6 Å². The number of hydrogen-bond acceptors (Lipinski definition) is 3. The smallest absolute Gasteiger partial charge is 0.244 e. The van der Waals surface area contributed by atoms with Gasteiger partial charge in [0.2, 0.25) is 11.8 Å². The molecule has 0 radical (unpaired) electrons. The van der Waals surface area contributed by atoms with Gasteiger partial charge in [-0.15, -0.1) is 0 Å². The quantitative estimate of drug-likeness (QED) is 0.831. The standard InChI is InChI=1S/C19H25N3O2/c23-18(8-5-12-21-10-3-4-11-21)20-14-19(24)22-13-9-16-6-1-2-7-17(16)15-22/h1-2,5-8H,3-4,9-15H2,(H,20,23)/b8-5+. The van der Waals surface area contributed by atoms with Crippen LogP contribution in [0.3, 0.4) is 0 Å². The maximum Gasteiger partial charge on any atom is 0.244 e. The average Bonchev–Trinajstić information content (AvgIpc) is 3.12. The second-order valence-electron chi connectivity index (χ2n) is 6.46. The molecule has 1 aromatic rings. The van der Waals surface area contributed by atoms with Gasteiger partial charge in [0.15, 0.2) is 0 Å². The van der Waals surface area contributed by atoms with Crippen molar-refractivity contribution >= 4 is 11.8 Å². The SMILES string of the molecule is O=C(/C=C/CN1CCCC1)NCC(=O)N1CCc2ccccc2C1. The van der Waals surface area contributed by atoms with Crippen molar-refractivity contribution in [2.24, 2.45) is 0 Å². The first-order valence-corrected chi connectivity index (χ1v) is 8.73. The third-order valence-corrected chi connectivity index (χ3v) is 4.73. The highest BCUT2D eigenvalue weighted by atomic mass is 16.2. The maximum absolute atomic E-state index is 12.3. The van der Waals surface area contributed by atoms with Crippen LogP contribution < -0.4 is 5.32 Å². The lowest BCUT2D eigenvalue weighted by molar-refractivity contribution is -0.132. The Bertz CT molecular complexity index is 621. The van der Waals surface area contributed by atoms with Crippen LogP contribution in [0.4, 0.5) is 0 Å². The van der Waals surface area contributed by atoms with Gasteiger partial charge in [0.1, 0.15) is 0 Å². The van der Waals surface area contributed by atoms with Crippen molar-refractivity contribution in [3.05, 3.63) is 47.5 Å². The molecular formula is C19H25N3O2. The summed E-state index contributed by atoms with van der Waals surface area (Å²) in [4.78, 5) is 28.2. The minimum atomic E-state index is -0.194. The van der Waals surface area contributed by atoms with Gasteiger partial charge >= 0.3 is 0 Å². The van der Waals surface area contributed by atoms with E-state index >= 15 is 0 Å². The highest BCUT2D eigenvalue weighted by Crippen LogP contribution is 2.18. The molecule has 24 heavy (non-hydrogen) atoms. The Hall–Kier alpha value is -2.14. The highest BCUT2D eigenvalue weighted by Gasteiger charge is 2.20. The number of benzene rings is 1. The van der Waals surface area contributed by atoms with Crippen LogP contribution in [-0.4, -0.2) is 54.3 Å². The van der Waals surface area contributed by atoms with Crippen molar-refractivity contribution in [1.82, 2.24) is 15.1 Å². The molecule has 2 heterocycles. The van der Waals surface area contributed by atoms with Gasteiger partial charge in [-0.3, -0.25) is 14.5 Å². The summed E-state index contributed by atoms with van der Waals surface area (Å²) < 4.78 is 0. The lowest BCUT2D eigenvalue weighted by Crippen LogP contribution is -2.42. The molecule has 1 N–H and O–H groups in total. The number of rotatable bonds is 5. The van der Waals surface area contributed by atoms with Crippen LogP contribution >= 0.6 is 0 Å². The lowest BCUT2D eigenvalue weighted by Gasteiger charge is -2.28. The number of nitrogens with zero attached hydrogens (tertiary/aromatic N) is 2. The third-order valence-electron chi connectivity index (χ3n) is 4.73. The fourth-order valence-electron chi connectivity index (χ4n) is 3.32. The van der Waals surface area contributed by atoms with E-state index in [4.69, 9.17) is 0 Å². The summed E-state index contributed by atoms with van der Waals surface area (Å²) in [6.45, 7) is 4.45. The van der Waals surface area contributed by atoms with E-state index in [1.165, 1.54) is 30.0 Å². The Morgan fingerprint density at radius 3 is 2.62 bits per heavy atom. The first kappa shape index (κ1) is 16.7. The molecular weight excluding hydrogens is 302 g/mol. The fourth-order valence-corrected chi connectivity index (χ4v) is 3.32. The molecule has 1 saturated heterocycles. The van der Waals surface area contributed by atoms with E-state index < -0.39 is 0 Å². The molecule has 0 atom stereocenters. The number of amides is 2. The van der Waals surface area contributed by atoms with Crippen LogP contribution in [0, 0.1) is 0 Å². The zero-order valence-corrected chi connectivity index (χ0v) is 14.0. The van der Waals surface area contributed by atoms with Gasteiger partial charge in [0.25, 0.3) is 0 Å². The molecule has 5 heteroatoms. The third kappa shape index (κ3) is 4.45. The van der Waals surface area contributed by atoms with E-state index in [9.17, 15) is 9.59 Å². The van der Waals surface area contributed by atoms with E-state index in [0.29, 0.717) is 6.54 Å². The Labute approximate surface area is 143 Å². The second kappa shape index (κ2) is 8.11. The van der Waals surface area contributed by atoms with E-state index in [1.54, 1.807) is 0 Å². The molecule has 2 aliphatic rings. The first-order chi connectivity index (χ1) is 11.7. The lowest BCUT2D eigenvalue weighted by atomic mass is 10.00. The summed E-state index contributed by atoms with van der Waals surface area (Å²) in [5, 5.41) is 2.69. The normalized spacial score (nSPS) is 17.9. The maximum atomic E-state index is 12.3. The summed E-state index contributed by atoms with van der Waals surface area (Å²) >= 11 is 0. The van der Waals surface area contributed by atoms with Crippen molar-refractivity contribution in [3.63, 3.8) is 0 Å². The molecule has 0 unspecified atom stereocenters. The van der Waals surface area contributed by atoms with Crippen molar-refractivity contribution in [3.8, 4) is 0 Å². The molecule has 0 spiro atoms. The number of likely N-dealkylation sites (tertiary alicyclic amines) is 1. The molecule has 5 nitrogen and oxygen atoms in total. The van der Waals surface area contributed by atoms with Crippen LogP contribution in [0.25, 0.3) is 0 Å².